The fourth-order valence-electron chi connectivity index (χ4n) is 3.55. The van der Waals surface area contributed by atoms with E-state index < -0.39 is 5.92 Å². The average Bonchev–Trinajstić information content (AvgIpc) is 3.10. The van der Waals surface area contributed by atoms with Crippen LogP contribution in [0.1, 0.15) is 51.7 Å². The molecule has 4 heteroatoms. The molecule has 1 aliphatic heterocycles. The first kappa shape index (κ1) is 20.1. The Labute approximate surface area is 167 Å². The number of rotatable bonds is 6. The second-order valence-corrected chi connectivity index (χ2v) is 8.07. The van der Waals surface area contributed by atoms with E-state index in [0.29, 0.717) is 12.3 Å². The van der Waals surface area contributed by atoms with Crippen molar-refractivity contribution < 1.29 is 14.3 Å². The van der Waals surface area contributed by atoms with Gasteiger partial charge in [0.05, 0.1) is 5.92 Å². The van der Waals surface area contributed by atoms with E-state index in [0.717, 1.165) is 24.1 Å². The van der Waals surface area contributed by atoms with E-state index in [4.69, 9.17) is 4.74 Å². The molecular formula is C24H29NO3. The van der Waals surface area contributed by atoms with Crippen molar-refractivity contribution in [1.82, 2.24) is 0 Å². The van der Waals surface area contributed by atoms with Crippen molar-refractivity contribution in [2.24, 2.45) is 5.92 Å². The van der Waals surface area contributed by atoms with E-state index >= 15 is 0 Å². The number of ether oxygens (including phenoxy) is 1. The molecule has 1 atom stereocenters. The lowest BCUT2D eigenvalue weighted by atomic mass is 9.82. The number of carbonyl (C=O) groups excluding carboxylic acids is 2. The van der Waals surface area contributed by atoms with E-state index in [1.165, 1.54) is 5.56 Å². The first-order valence-electron chi connectivity index (χ1n) is 10.1. The molecule has 2 aromatic rings. The topological polar surface area (TPSA) is 46.6 Å². The molecule has 1 amide bonds. The van der Waals surface area contributed by atoms with Crippen molar-refractivity contribution in [1.29, 1.82) is 0 Å². The summed E-state index contributed by atoms with van der Waals surface area (Å²) in [5.41, 5.74) is 3.32. The number of amides is 1. The molecule has 0 saturated carbocycles. The molecule has 2 aromatic carbocycles. The summed E-state index contributed by atoms with van der Waals surface area (Å²) in [6, 6.07) is 15.6. The Hall–Kier alpha value is -2.62. The predicted molar refractivity (Wildman–Crippen MR) is 112 cm³/mol. The van der Waals surface area contributed by atoms with Crippen molar-refractivity contribution in [2.75, 3.05) is 11.4 Å². The van der Waals surface area contributed by atoms with Crippen molar-refractivity contribution in [3.63, 3.8) is 0 Å². The van der Waals surface area contributed by atoms with Gasteiger partial charge in [0.25, 0.3) is 0 Å². The quantitative estimate of drug-likeness (QED) is 0.530. The Kier molecular flexibility index (Phi) is 5.87. The normalized spacial score (nSPS) is 17.1. The van der Waals surface area contributed by atoms with E-state index in [9.17, 15) is 9.59 Å². The summed E-state index contributed by atoms with van der Waals surface area (Å²) < 4.78 is 5.57. The molecular weight excluding hydrogens is 350 g/mol. The number of aryl methyl sites for hydroxylation is 1. The number of nitrogens with zero attached hydrogens (tertiary/aromatic N) is 1. The van der Waals surface area contributed by atoms with Crippen LogP contribution < -0.4 is 9.64 Å². The molecule has 1 fully saturated rings. The smallest absolute Gasteiger partial charge is 0.316 e. The third-order valence-electron chi connectivity index (χ3n) is 5.86. The summed E-state index contributed by atoms with van der Waals surface area (Å²) >= 11 is 0. The van der Waals surface area contributed by atoms with Crippen LogP contribution in [-0.4, -0.2) is 18.4 Å². The summed E-state index contributed by atoms with van der Waals surface area (Å²) in [5.74, 6) is -0.278. The van der Waals surface area contributed by atoms with Gasteiger partial charge in [-0.2, -0.15) is 0 Å². The summed E-state index contributed by atoms with van der Waals surface area (Å²) in [6.07, 6.45) is 2.07. The molecule has 0 aliphatic carbocycles. The maximum Gasteiger partial charge on any atom is 0.316 e. The number of para-hydroxylation sites is 1. The lowest BCUT2D eigenvalue weighted by molar-refractivity contribution is -0.139. The molecule has 0 unspecified atom stereocenters. The van der Waals surface area contributed by atoms with Crippen molar-refractivity contribution in [3.8, 4) is 5.75 Å². The van der Waals surface area contributed by atoms with Gasteiger partial charge >= 0.3 is 5.97 Å². The number of hydrogen-bond acceptors (Lipinski definition) is 3. The molecule has 1 saturated heterocycles. The molecule has 28 heavy (non-hydrogen) atoms. The standard InChI is InChI=1S/C24H29NO3/c1-5-17-9-7-8-10-21(17)25-16-18(15-22(25)26)23(27)28-20-13-11-19(12-14-20)24(3,4)6-2/h7-14,18H,5-6,15-16H2,1-4H3/t18-/m1/s1. The molecule has 3 rings (SSSR count). The maximum absolute atomic E-state index is 12.6. The minimum atomic E-state index is -0.441. The Balaban J connectivity index is 1.68. The largest absolute Gasteiger partial charge is 0.426 e. The highest BCUT2D eigenvalue weighted by atomic mass is 16.5. The van der Waals surface area contributed by atoms with Crippen LogP contribution in [0.2, 0.25) is 0 Å². The molecule has 0 aromatic heterocycles. The number of benzene rings is 2. The minimum Gasteiger partial charge on any atom is -0.426 e. The average molecular weight is 380 g/mol. The molecule has 0 bridgehead atoms. The number of esters is 1. The minimum absolute atomic E-state index is 0.0251. The van der Waals surface area contributed by atoms with Crippen LogP contribution in [-0.2, 0) is 21.4 Å². The lowest BCUT2D eigenvalue weighted by Gasteiger charge is -2.23. The molecule has 0 spiro atoms. The maximum atomic E-state index is 12.6. The fourth-order valence-corrected chi connectivity index (χ4v) is 3.55. The van der Waals surface area contributed by atoms with Gasteiger partial charge in [0.1, 0.15) is 5.75 Å². The third kappa shape index (κ3) is 4.11. The number of anilines is 1. The van der Waals surface area contributed by atoms with Crippen LogP contribution in [0.5, 0.6) is 5.75 Å². The summed E-state index contributed by atoms with van der Waals surface area (Å²) in [5, 5.41) is 0. The van der Waals surface area contributed by atoms with Gasteiger partial charge in [-0.3, -0.25) is 9.59 Å². The zero-order chi connectivity index (χ0) is 20.3. The second kappa shape index (κ2) is 8.17. The first-order chi connectivity index (χ1) is 13.4. The summed E-state index contributed by atoms with van der Waals surface area (Å²) in [4.78, 5) is 26.9. The molecule has 148 valence electrons. The molecule has 1 heterocycles. The monoisotopic (exact) mass is 379 g/mol. The summed E-state index contributed by atoms with van der Waals surface area (Å²) in [7, 11) is 0. The van der Waals surface area contributed by atoms with E-state index in [1.54, 1.807) is 4.90 Å². The Morgan fingerprint density at radius 1 is 1.11 bits per heavy atom. The Morgan fingerprint density at radius 3 is 2.43 bits per heavy atom. The van der Waals surface area contributed by atoms with Gasteiger partial charge in [-0.15, -0.1) is 0 Å². The van der Waals surface area contributed by atoms with E-state index in [-0.39, 0.29) is 23.7 Å². The highest BCUT2D eigenvalue weighted by molar-refractivity contribution is 6.00. The van der Waals surface area contributed by atoms with Crippen LogP contribution in [0.25, 0.3) is 0 Å². The van der Waals surface area contributed by atoms with Gasteiger partial charge in [-0.1, -0.05) is 58.0 Å². The van der Waals surface area contributed by atoms with Crippen molar-refractivity contribution in [3.05, 3.63) is 59.7 Å². The third-order valence-corrected chi connectivity index (χ3v) is 5.86. The van der Waals surface area contributed by atoms with Crippen LogP contribution in [0.4, 0.5) is 5.69 Å². The Bertz CT molecular complexity index is 854. The van der Waals surface area contributed by atoms with Crippen molar-refractivity contribution in [2.45, 2.75) is 52.4 Å². The molecule has 1 aliphatic rings. The Morgan fingerprint density at radius 2 is 1.79 bits per heavy atom. The van der Waals surface area contributed by atoms with Crippen LogP contribution in [0, 0.1) is 5.92 Å². The number of carbonyl (C=O) groups is 2. The van der Waals surface area contributed by atoms with Gasteiger partial charge in [0, 0.05) is 18.7 Å². The molecule has 0 radical (unpaired) electrons. The van der Waals surface area contributed by atoms with Gasteiger partial charge < -0.3 is 9.64 Å². The van der Waals surface area contributed by atoms with Gasteiger partial charge in [-0.05, 0) is 47.6 Å². The highest BCUT2D eigenvalue weighted by Gasteiger charge is 2.37. The van der Waals surface area contributed by atoms with Gasteiger partial charge in [-0.25, -0.2) is 0 Å². The highest BCUT2D eigenvalue weighted by Crippen LogP contribution is 2.31. The van der Waals surface area contributed by atoms with Crippen LogP contribution in [0.15, 0.2) is 48.5 Å². The molecule has 4 nitrogen and oxygen atoms in total. The molecule has 0 N–H and O–H groups in total. The number of hydrogen-bond donors (Lipinski definition) is 0. The lowest BCUT2D eigenvalue weighted by Crippen LogP contribution is -2.28. The van der Waals surface area contributed by atoms with Crippen LogP contribution in [0.3, 0.4) is 0 Å². The zero-order valence-electron chi connectivity index (χ0n) is 17.2. The van der Waals surface area contributed by atoms with Crippen LogP contribution >= 0.6 is 0 Å². The fraction of sp³-hybridized carbons (Fsp3) is 0.417. The SMILES string of the molecule is CCc1ccccc1N1C[C@H](C(=O)Oc2ccc(C(C)(C)CC)cc2)CC1=O. The first-order valence-corrected chi connectivity index (χ1v) is 10.1. The zero-order valence-corrected chi connectivity index (χ0v) is 17.2. The van der Waals surface area contributed by atoms with E-state index in [1.807, 2.05) is 48.5 Å². The van der Waals surface area contributed by atoms with Gasteiger partial charge in [0.15, 0.2) is 0 Å². The van der Waals surface area contributed by atoms with Gasteiger partial charge in [0.2, 0.25) is 5.91 Å². The van der Waals surface area contributed by atoms with Crippen molar-refractivity contribution >= 4 is 17.6 Å². The summed E-state index contributed by atoms with van der Waals surface area (Å²) in [6.45, 7) is 8.99. The van der Waals surface area contributed by atoms with E-state index in [2.05, 4.69) is 27.7 Å². The second-order valence-electron chi connectivity index (χ2n) is 8.07. The predicted octanol–water partition coefficient (Wildman–Crippen LogP) is 4.90.